The average molecular weight is 348 g/mol. The van der Waals surface area contributed by atoms with Crippen LogP contribution in [-0.2, 0) is 30.5 Å². The third kappa shape index (κ3) is 4.79. The summed E-state index contributed by atoms with van der Waals surface area (Å²) in [5.74, 6) is -1.92. The molecule has 0 aliphatic carbocycles. The first kappa shape index (κ1) is 18.4. The molecule has 0 spiro atoms. The second kappa shape index (κ2) is 7.78. The van der Waals surface area contributed by atoms with Gasteiger partial charge in [-0.2, -0.15) is 0 Å². The van der Waals surface area contributed by atoms with E-state index in [1.165, 1.54) is 19.1 Å². The molecule has 25 heavy (non-hydrogen) atoms. The number of hydrogen-bond donors (Lipinski definition) is 2. The molecule has 1 heterocycles. The molecule has 2 N–H and O–H groups in total. The molecule has 1 atom stereocenters. The molecule has 8 nitrogen and oxygen atoms in total. The molecule has 1 unspecified atom stereocenters. The summed E-state index contributed by atoms with van der Waals surface area (Å²) in [5.41, 5.74) is 0.768. The number of nitrogens with one attached hydrogen (secondary N) is 1. The predicted octanol–water partition coefficient (Wildman–Crippen LogP) is 1.18. The van der Waals surface area contributed by atoms with Crippen molar-refractivity contribution in [3.63, 3.8) is 0 Å². The zero-order chi connectivity index (χ0) is 18.6. The number of rotatable bonds is 6. The Morgan fingerprint density at radius 1 is 1.36 bits per heavy atom. The highest BCUT2D eigenvalue weighted by Crippen LogP contribution is 2.25. The van der Waals surface area contributed by atoms with Gasteiger partial charge in [0, 0.05) is 32.2 Å². The normalized spacial score (nSPS) is 16.9. The van der Waals surface area contributed by atoms with Crippen molar-refractivity contribution in [2.75, 3.05) is 11.9 Å². The van der Waals surface area contributed by atoms with E-state index in [-0.39, 0.29) is 55.2 Å². The molecule has 1 aliphatic heterocycles. The monoisotopic (exact) mass is 348 g/mol. The quantitative estimate of drug-likeness (QED) is 0.453. The number of carbonyl (C=O) groups is 4. The number of anilines is 1. The number of imide groups is 1. The number of ether oxygens (including phenoxy) is 1. The lowest BCUT2D eigenvalue weighted by atomic mass is 10.1. The second-order valence-corrected chi connectivity index (χ2v) is 5.92. The third-order valence-electron chi connectivity index (χ3n) is 3.81. The third-order valence-corrected chi connectivity index (χ3v) is 3.81. The highest BCUT2D eigenvalue weighted by molar-refractivity contribution is 6.03. The topological polar surface area (TPSA) is 113 Å². The van der Waals surface area contributed by atoms with Gasteiger partial charge in [-0.1, -0.05) is 13.0 Å². The first-order valence-electron chi connectivity index (χ1n) is 7.87. The number of esters is 1. The van der Waals surface area contributed by atoms with Gasteiger partial charge in [0.1, 0.15) is 12.4 Å². The Kier molecular flexibility index (Phi) is 5.74. The molecule has 8 heteroatoms. The minimum absolute atomic E-state index is 0.00173. The van der Waals surface area contributed by atoms with Crippen molar-refractivity contribution in [2.24, 2.45) is 5.92 Å². The van der Waals surface area contributed by atoms with E-state index < -0.39 is 11.9 Å². The fourth-order valence-corrected chi connectivity index (χ4v) is 2.47. The Hall–Kier alpha value is -2.90. The molecular weight excluding hydrogens is 328 g/mol. The van der Waals surface area contributed by atoms with Crippen LogP contribution in [0, 0.1) is 5.92 Å². The lowest BCUT2D eigenvalue weighted by Gasteiger charge is -2.14. The van der Waals surface area contributed by atoms with Crippen LogP contribution >= 0.6 is 0 Å². The van der Waals surface area contributed by atoms with Gasteiger partial charge in [0.05, 0.1) is 5.69 Å². The van der Waals surface area contributed by atoms with E-state index in [4.69, 9.17) is 4.74 Å². The predicted molar refractivity (Wildman–Crippen MR) is 87.3 cm³/mol. The van der Waals surface area contributed by atoms with E-state index >= 15 is 0 Å². The number of benzene rings is 1. The molecule has 1 aromatic rings. The Labute approximate surface area is 144 Å². The van der Waals surface area contributed by atoms with Gasteiger partial charge in [-0.05, 0) is 17.7 Å². The number of phenolic OH excluding ortho intramolecular Hbond substituents is 1. The molecule has 134 valence electrons. The Balaban J connectivity index is 1.93. The van der Waals surface area contributed by atoms with E-state index in [0.29, 0.717) is 5.56 Å². The van der Waals surface area contributed by atoms with E-state index in [0.717, 1.165) is 4.90 Å². The molecule has 0 radical (unpaired) electrons. The van der Waals surface area contributed by atoms with Gasteiger partial charge in [-0.15, -0.1) is 0 Å². The summed E-state index contributed by atoms with van der Waals surface area (Å²) in [6.07, 6.45) is 0.0945. The molecule has 0 aromatic heterocycles. The maximum Gasteiger partial charge on any atom is 0.302 e. The summed E-state index contributed by atoms with van der Waals surface area (Å²) in [7, 11) is 0. The van der Waals surface area contributed by atoms with Gasteiger partial charge >= 0.3 is 5.97 Å². The maximum absolute atomic E-state index is 12.0. The molecule has 0 bridgehead atoms. The molecule has 2 rings (SSSR count). The maximum atomic E-state index is 12.0. The zero-order valence-corrected chi connectivity index (χ0v) is 14.1. The van der Waals surface area contributed by atoms with Crippen LogP contribution in [0.1, 0.15) is 32.3 Å². The van der Waals surface area contributed by atoms with Crippen LogP contribution in [-0.4, -0.2) is 40.2 Å². The summed E-state index contributed by atoms with van der Waals surface area (Å²) >= 11 is 0. The van der Waals surface area contributed by atoms with Crippen LogP contribution < -0.4 is 5.32 Å². The van der Waals surface area contributed by atoms with Gasteiger partial charge in [-0.3, -0.25) is 24.1 Å². The summed E-state index contributed by atoms with van der Waals surface area (Å²) < 4.78 is 4.86. The molecule has 1 saturated heterocycles. The Morgan fingerprint density at radius 2 is 2.08 bits per heavy atom. The first-order chi connectivity index (χ1) is 11.8. The molecule has 0 saturated carbocycles. The van der Waals surface area contributed by atoms with Crippen LogP contribution in [0.25, 0.3) is 0 Å². The van der Waals surface area contributed by atoms with Gasteiger partial charge in [-0.25, -0.2) is 0 Å². The SMILES string of the molecule is CC(=O)OCc1ccc(O)c(NC(=O)CCN2C(=O)CC(C)C2=O)c1. The summed E-state index contributed by atoms with van der Waals surface area (Å²) in [6, 6.07) is 4.44. The molecular formula is C17H20N2O6. The first-order valence-corrected chi connectivity index (χ1v) is 7.87. The zero-order valence-electron chi connectivity index (χ0n) is 14.1. The number of aromatic hydroxyl groups is 1. The van der Waals surface area contributed by atoms with E-state index in [2.05, 4.69) is 5.32 Å². The highest BCUT2D eigenvalue weighted by Gasteiger charge is 2.35. The lowest BCUT2D eigenvalue weighted by Crippen LogP contribution is -2.33. The van der Waals surface area contributed by atoms with Crippen molar-refractivity contribution in [3.05, 3.63) is 23.8 Å². The number of amides is 3. The summed E-state index contributed by atoms with van der Waals surface area (Å²) in [4.78, 5) is 47.4. The number of nitrogens with zero attached hydrogens (tertiary/aromatic N) is 1. The van der Waals surface area contributed by atoms with Crippen molar-refractivity contribution in [1.82, 2.24) is 4.90 Å². The van der Waals surface area contributed by atoms with Crippen molar-refractivity contribution >= 4 is 29.4 Å². The standard InChI is InChI=1S/C17H20N2O6/c1-10-7-16(23)19(17(10)24)6-5-15(22)18-13-8-12(3-4-14(13)21)9-25-11(2)20/h3-4,8,10,21H,5-7,9H2,1-2H3,(H,18,22). The van der Waals surface area contributed by atoms with Crippen LogP contribution in [0.2, 0.25) is 0 Å². The number of phenols is 1. The van der Waals surface area contributed by atoms with Crippen molar-refractivity contribution in [2.45, 2.75) is 33.3 Å². The highest BCUT2D eigenvalue weighted by atomic mass is 16.5. The fourth-order valence-electron chi connectivity index (χ4n) is 2.47. The average Bonchev–Trinajstić information content (AvgIpc) is 2.78. The van der Waals surface area contributed by atoms with Crippen molar-refractivity contribution in [3.8, 4) is 5.75 Å². The van der Waals surface area contributed by atoms with Crippen molar-refractivity contribution in [1.29, 1.82) is 0 Å². The van der Waals surface area contributed by atoms with Crippen molar-refractivity contribution < 1.29 is 29.0 Å². The van der Waals surface area contributed by atoms with Crippen LogP contribution in [0.4, 0.5) is 5.69 Å². The van der Waals surface area contributed by atoms with Crippen LogP contribution in [0.5, 0.6) is 5.75 Å². The fraction of sp³-hybridized carbons (Fsp3) is 0.412. The molecule has 1 fully saturated rings. The smallest absolute Gasteiger partial charge is 0.302 e. The molecule has 1 aliphatic rings. The van der Waals surface area contributed by atoms with Gasteiger partial charge in [0.15, 0.2) is 0 Å². The number of carbonyl (C=O) groups excluding carboxylic acids is 4. The number of hydrogen-bond acceptors (Lipinski definition) is 6. The van der Waals surface area contributed by atoms with E-state index in [1.807, 2.05) is 0 Å². The summed E-state index contributed by atoms with van der Waals surface area (Å²) in [5, 5.41) is 12.3. The van der Waals surface area contributed by atoms with Gasteiger partial charge in [0.25, 0.3) is 0 Å². The van der Waals surface area contributed by atoms with Gasteiger partial charge in [0.2, 0.25) is 17.7 Å². The number of likely N-dealkylation sites (tertiary alicyclic amines) is 1. The molecule has 1 aromatic carbocycles. The largest absolute Gasteiger partial charge is 0.506 e. The summed E-state index contributed by atoms with van der Waals surface area (Å²) in [6.45, 7) is 2.98. The Bertz CT molecular complexity index is 715. The minimum atomic E-state index is -0.444. The van der Waals surface area contributed by atoms with Gasteiger partial charge < -0.3 is 15.2 Å². The Morgan fingerprint density at radius 3 is 2.68 bits per heavy atom. The van der Waals surface area contributed by atoms with E-state index in [9.17, 15) is 24.3 Å². The minimum Gasteiger partial charge on any atom is -0.506 e. The second-order valence-electron chi connectivity index (χ2n) is 5.92. The van der Waals surface area contributed by atoms with Crippen LogP contribution in [0.3, 0.4) is 0 Å². The van der Waals surface area contributed by atoms with E-state index in [1.54, 1.807) is 13.0 Å². The lowest BCUT2D eigenvalue weighted by molar-refractivity contribution is -0.142. The molecule has 3 amide bonds. The van der Waals surface area contributed by atoms with Crippen LogP contribution in [0.15, 0.2) is 18.2 Å².